The zero-order valence-corrected chi connectivity index (χ0v) is 14.7. The van der Waals surface area contributed by atoms with Crippen LogP contribution in [0, 0.1) is 5.92 Å². The summed E-state index contributed by atoms with van der Waals surface area (Å²) in [4.78, 5) is 19.5. The number of amides is 1. The lowest BCUT2D eigenvalue weighted by atomic mass is 9.96. The van der Waals surface area contributed by atoms with E-state index in [0.29, 0.717) is 5.91 Å². The Labute approximate surface area is 145 Å². The monoisotopic (exact) mass is 327 g/mol. The van der Waals surface area contributed by atoms with Gasteiger partial charge in [0.1, 0.15) is 0 Å². The Hall–Kier alpha value is -1.65. The number of rotatable bonds is 4. The van der Waals surface area contributed by atoms with Gasteiger partial charge in [0.15, 0.2) is 0 Å². The van der Waals surface area contributed by atoms with Gasteiger partial charge in [-0.15, -0.1) is 0 Å². The van der Waals surface area contributed by atoms with E-state index in [9.17, 15) is 4.79 Å². The van der Waals surface area contributed by atoms with Crippen molar-refractivity contribution in [3.8, 4) is 0 Å². The zero-order valence-electron chi connectivity index (χ0n) is 14.7. The highest BCUT2D eigenvalue weighted by molar-refractivity contribution is 5.79. The topological polar surface area (TPSA) is 26.8 Å². The summed E-state index contributed by atoms with van der Waals surface area (Å²) in [6.45, 7) is 6.73. The first-order valence-corrected chi connectivity index (χ1v) is 9.13. The lowest BCUT2D eigenvalue weighted by Crippen LogP contribution is -2.52. The van der Waals surface area contributed by atoms with E-state index in [2.05, 4.69) is 58.2 Å². The molecule has 0 radical (unpaired) electrons. The number of hydrogen-bond donors (Lipinski definition) is 0. The van der Waals surface area contributed by atoms with Gasteiger partial charge in [-0.25, -0.2) is 0 Å². The third-order valence-corrected chi connectivity index (χ3v) is 5.13. The van der Waals surface area contributed by atoms with Gasteiger partial charge in [0.25, 0.3) is 0 Å². The summed E-state index contributed by atoms with van der Waals surface area (Å²) in [5.41, 5.74) is 1.24. The summed E-state index contributed by atoms with van der Waals surface area (Å²) < 4.78 is 0. The lowest BCUT2D eigenvalue weighted by Gasteiger charge is -2.38. The molecule has 1 atom stereocenters. The molecular formula is C20H29N3O. The maximum Gasteiger partial charge on any atom is 0.227 e. The largest absolute Gasteiger partial charge is 0.340 e. The molecule has 1 amide bonds. The van der Waals surface area contributed by atoms with Crippen LogP contribution in [0.1, 0.15) is 18.4 Å². The second-order valence-corrected chi connectivity index (χ2v) is 7.04. The van der Waals surface area contributed by atoms with Gasteiger partial charge in [0.2, 0.25) is 5.91 Å². The Kier molecular flexibility index (Phi) is 6.05. The minimum Gasteiger partial charge on any atom is -0.340 e. The van der Waals surface area contributed by atoms with Crippen molar-refractivity contribution in [2.75, 3.05) is 52.9 Å². The molecule has 1 aromatic rings. The predicted molar refractivity (Wildman–Crippen MR) is 98.7 cm³/mol. The summed E-state index contributed by atoms with van der Waals surface area (Å²) in [6.07, 6.45) is 6.61. The van der Waals surface area contributed by atoms with E-state index < -0.39 is 0 Å². The fraction of sp³-hybridized carbons (Fsp3) is 0.550. The van der Waals surface area contributed by atoms with Crippen molar-refractivity contribution in [2.24, 2.45) is 5.92 Å². The van der Waals surface area contributed by atoms with Crippen LogP contribution in [0.15, 0.2) is 36.4 Å². The van der Waals surface area contributed by atoms with Crippen molar-refractivity contribution >= 4 is 12.0 Å². The van der Waals surface area contributed by atoms with E-state index in [4.69, 9.17) is 0 Å². The van der Waals surface area contributed by atoms with Crippen LogP contribution in [-0.4, -0.2) is 73.5 Å². The number of carbonyl (C=O) groups excluding carboxylic acids is 1. The molecule has 24 heavy (non-hydrogen) atoms. The van der Waals surface area contributed by atoms with E-state index >= 15 is 0 Å². The van der Waals surface area contributed by atoms with Crippen LogP contribution in [0.3, 0.4) is 0 Å². The Morgan fingerprint density at radius 3 is 2.58 bits per heavy atom. The maximum absolute atomic E-state index is 12.7. The quantitative estimate of drug-likeness (QED) is 0.848. The molecule has 2 fully saturated rings. The first-order valence-electron chi connectivity index (χ1n) is 9.13. The number of piperazine rings is 1. The summed E-state index contributed by atoms with van der Waals surface area (Å²) >= 11 is 0. The number of piperidine rings is 1. The van der Waals surface area contributed by atoms with E-state index in [1.807, 2.05) is 6.07 Å². The van der Waals surface area contributed by atoms with Crippen LogP contribution >= 0.6 is 0 Å². The van der Waals surface area contributed by atoms with Crippen molar-refractivity contribution in [3.05, 3.63) is 42.0 Å². The second kappa shape index (κ2) is 8.45. The molecule has 0 spiro atoms. The smallest absolute Gasteiger partial charge is 0.227 e. The van der Waals surface area contributed by atoms with E-state index in [0.717, 1.165) is 58.7 Å². The Morgan fingerprint density at radius 1 is 1.12 bits per heavy atom. The van der Waals surface area contributed by atoms with Crippen molar-refractivity contribution in [2.45, 2.75) is 12.8 Å². The van der Waals surface area contributed by atoms with Gasteiger partial charge < -0.3 is 9.80 Å². The minimum absolute atomic E-state index is 0.216. The average Bonchev–Trinajstić information content (AvgIpc) is 2.63. The summed E-state index contributed by atoms with van der Waals surface area (Å²) in [6, 6.07) is 10.4. The maximum atomic E-state index is 12.7. The molecule has 130 valence electrons. The summed E-state index contributed by atoms with van der Waals surface area (Å²) in [5, 5.41) is 0. The molecule has 0 bridgehead atoms. The molecule has 0 aromatic heterocycles. The molecule has 2 aliphatic rings. The third kappa shape index (κ3) is 4.68. The Balaban J connectivity index is 1.42. The molecule has 1 aromatic carbocycles. The fourth-order valence-corrected chi connectivity index (χ4v) is 3.68. The van der Waals surface area contributed by atoms with Crippen molar-refractivity contribution in [3.63, 3.8) is 0 Å². The molecule has 4 nitrogen and oxygen atoms in total. The van der Waals surface area contributed by atoms with E-state index in [1.54, 1.807) is 0 Å². The van der Waals surface area contributed by atoms with Crippen LogP contribution in [0.25, 0.3) is 6.08 Å². The average molecular weight is 327 g/mol. The SMILES string of the molecule is CN1CCCC(C(=O)N2CCN(C/C=C/c3ccccc3)CC2)C1. The van der Waals surface area contributed by atoms with Gasteiger partial charge >= 0.3 is 0 Å². The van der Waals surface area contributed by atoms with Gasteiger partial charge in [0, 0.05) is 39.3 Å². The van der Waals surface area contributed by atoms with Crippen molar-refractivity contribution in [1.29, 1.82) is 0 Å². The van der Waals surface area contributed by atoms with Crippen LogP contribution in [0.2, 0.25) is 0 Å². The minimum atomic E-state index is 0.216. The molecule has 2 heterocycles. The van der Waals surface area contributed by atoms with Gasteiger partial charge in [-0.1, -0.05) is 42.5 Å². The van der Waals surface area contributed by atoms with Crippen LogP contribution in [-0.2, 0) is 4.79 Å². The van der Waals surface area contributed by atoms with Crippen molar-refractivity contribution in [1.82, 2.24) is 14.7 Å². The van der Waals surface area contributed by atoms with Crippen LogP contribution in [0.5, 0.6) is 0 Å². The molecule has 0 N–H and O–H groups in total. The second-order valence-electron chi connectivity index (χ2n) is 7.04. The molecule has 1 unspecified atom stereocenters. The first-order chi connectivity index (χ1) is 11.7. The van der Waals surface area contributed by atoms with E-state index in [1.165, 1.54) is 5.56 Å². The number of likely N-dealkylation sites (tertiary alicyclic amines) is 1. The highest BCUT2D eigenvalue weighted by Crippen LogP contribution is 2.18. The lowest BCUT2D eigenvalue weighted by molar-refractivity contribution is -0.138. The zero-order chi connectivity index (χ0) is 16.8. The highest BCUT2D eigenvalue weighted by Gasteiger charge is 2.29. The van der Waals surface area contributed by atoms with Gasteiger partial charge in [-0.3, -0.25) is 9.69 Å². The molecule has 0 saturated carbocycles. The normalized spacial score (nSPS) is 23.7. The standard InChI is InChI=1S/C20H29N3O/c1-21-11-6-10-19(17-21)20(24)23-15-13-22(14-16-23)12-5-9-18-7-3-2-4-8-18/h2-5,7-9,19H,6,10-17H2,1H3/b9-5+. The molecule has 2 saturated heterocycles. The number of nitrogens with zero attached hydrogens (tertiary/aromatic N) is 3. The number of hydrogen-bond acceptors (Lipinski definition) is 3. The number of carbonyl (C=O) groups is 1. The highest BCUT2D eigenvalue weighted by atomic mass is 16.2. The summed E-state index contributed by atoms with van der Waals surface area (Å²) in [7, 11) is 2.12. The van der Waals surface area contributed by atoms with Gasteiger partial charge in [-0.05, 0) is 32.0 Å². The molecule has 4 heteroatoms. The Bertz CT molecular complexity index is 549. The number of benzene rings is 1. The fourth-order valence-electron chi connectivity index (χ4n) is 3.68. The van der Waals surface area contributed by atoms with Crippen molar-refractivity contribution < 1.29 is 4.79 Å². The van der Waals surface area contributed by atoms with Crippen LogP contribution < -0.4 is 0 Å². The third-order valence-electron chi connectivity index (χ3n) is 5.13. The first kappa shape index (κ1) is 17.2. The molecular weight excluding hydrogens is 298 g/mol. The molecule has 3 rings (SSSR count). The van der Waals surface area contributed by atoms with E-state index in [-0.39, 0.29) is 5.92 Å². The summed E-state index contributed by atoms with van der Waals surface area (Å²) in [5.74, 6) is 0.592. The van der Waals surface area contributed by atoms with Crippen LogP contribution in [0.4, 0.5) is 0 Å². The van der Waals surface area contributed by atoms with Gasteiger partial charge in [0.05, 0.1) is 5.92 Å². The molecule has 2 aliphatic heterocycles. The Morgan fingerprint density at radius 2 is 1.88 bits per heavy atom. The van der Waals surface area contributed by atoms with Gasteiger partial charge in [-0.2, -0.15) is 0 Å². The predicted octanol–water partition coefficient (Wildman–Crippen LogP) is 2.19. The molecule has 0 aliphatic carbocycles.